The summed E-state index contributed by atoms with van der Waals surface area (Å²) in [5.41, 5.74) is 6.91. The molecule has 0 amide bonds. The van der Waals surface area contributed by atoms with Crippen LogP contribution in [-0.4, -0.2) is 8.42 Å². The van der Waals surface area contributed by atoms with Crippen molar-refractivity contribution < 1.29 is 8.42 Å². The predicted molar refractivity (Wildman–Crippen MR) is 84.5 cm³/mol. The standard InChI is InChI=1S/C15H17ClN2O2S/c1-11(13-7-3-4-8-14(13)16)18-21(19,20)15-9-5-2-6-12(15)10-17/h2-9,11,18H,10,17H2,1H3. The molecular formula is C15H17ClN2O2S. The number of hydrogen-bond acceptors (Lipinski definition) is 3. The minimum absolute atomic E-state index is 0.164. The minimum atomic E-state index is -3.66. The smallest absolute Gasteiger partial charge is 0.241 e. The Labute approximate surface area is 130 Å². The molecule has 0 spiro atoms. The number of sulfonamides is 1. The molecule has 2 aromatic carbocycles. The van der Waals surface area contributed by atoms with Gasteiger partial charge in [0.25, 0.3) is 0 Å². The Morgan fingerprint density at radius 2 is 1.76 bits per heavy atom. The van der Waals surface area contributed by atoms with E-state index in [9.17, 15) is 8.42 Å². The van der Waals surface area contributed by atoms with Crippen LogP contribution < -0.4 is 10.5 Å². The quantitative estimate of drug-likeness (QED) is 0.888. The van der Waals surface area contributed by atoms with Crippen molar-refractivity contribution in [3.8, 4) is 0 Å². The molecule has 0 aliphatic rings. The second-order valence-corrected chi connectivity index (χ2v) is 6.77. The SMILES string of the molecule is CC(NS(=O)(=O)c1ccccc1CN)c1ccccc1Cl. The van der Waals surface area contributed by atoms with Crippen LogP contribution in [0, 0.1) is 0 Å². The van der Waals surface area contributed by atoms with Crippen LogP contribution in [0.2, 0.25) is 5.02 Å². The molecule has 21 heavy (non-hydrogen) atoms. The maximum atomic E-state index is 12.5. The third-order valence-corrected chi connectivity index (χ3v) is 5.17. The fraction of sp³-hybridized carbons (Fsp3) is 0.200. The van der Waals surface area contributed by atoms with E-state index in [-0.39, 0.29) is 11.4 Å². The average molecular weight is 325 g/mol. The Morgan fingerprint density at radius 3 is 2.43 bits per heavy atom. The summed E-state index contributed by atoms with van der Waals surface area (Å²) in [6, 6.07) is 13.4. The summed E-state index contributed by atoms with van der Waals surface area (Å²) in [5, 5.41) is 0.528. The van der Waals surface area contributed by atoms with Gasteiger partial charge in [-0.1, -0.05) is 48.0 Å². The topological polar surface area (TPSA) is 72.2 Å². The van der Waals surface area contributed by atoms with E-state index in [0.29, 0.717) is 10.6 Å². The van der Waals surface area contributed by atoms with Gasteiger partial charge in [-0.2, -0.15) is 0 Å². The molecule has 112 valence electrons. The number of nitrogens with one attached hydrogen (secondary N) is 1. The lowest BCUT2D eigenvalue weighted by molar-refractivity contribution is 0.566. The molecule has 1 atom stereocenters. The van der Waals surface area contributed by atoms with Gasteiger partial charge < -0.3 is 5.73 Å². The lowest BCUT2D eigenvalue weighted by atomic mass is 10.1. The number of nitrogens with two attached hydrogens (primary N) is 1. The van der Waals surface area contributed by atoms with Crippen LogP contribution in [-0.2, 0) is 16.6 Å². The number of benzene rings is 2. The Kier molecular flexibility index (Phi) is 5.00. The molecular weight excluding hydrogens is 308 g/mol. The van der Waals surface area contributed by atoms with E-state index in [1.807, 2.05) is 6.07 Å². The van der Waals surface area contributed by atoms with E-state index < -0.39 is 16.1 Å². The van der Waals surface area contributed by atoms with Gasteiger partial charge in [-0.3, -0.25) is 0 Å². The van der Waals surface area contributed by atoms with Gasteiger partial charge in [0.1, 0.15) is 0 Å². The van der Waals surface area contributed by atoms with Crippen LogP contribution >= 0.6 is 11.6 Å². The summed E-state index contributed by atoms with van der Waals surface area (Å²) < 4.78 is 27.6. The molecule has 0 radical (unpaired) electrons. The van der Waals surface area contributed by atoms with Gasteiger partial charge in [0.05, 0.1) is 4.90 Å². The molecule has 0 fully saturated rings. The molecule has 2 rings (SSSR count). The van der Waals surface area contributed by atoms with Gasteiger partial charge in [0, 0.05) is 17.6 Å². The number of rotatable bonds is 5. The zero-order chi connectivity index (χ0) is 15.5. The normalized spacial score (nSPS) is 13.1. The van der Waals surface area contributed by atoms with Gasteiger partial charge in [-0.25, -0.2) is 13.1 Å². The van der Waals surface area contributed by atoms with E-state index in [1.165, 1.54) is 0 Å². The fourth-order valence-corrected chi connectivity index (χ4v) is 3.89. The van der Waals surface area contributed by atoms with Gasteiger partial charge in [0.15, 0.2) is 0 Å². The first-order valence-electron chi connectivity index (χ1n) is 6.50. The number of halogens is 1. The zero-order valence-corrected chi connectivity index (χ0v) is 13.2. The van der Waals surface area contributed by atoms with E-state index in [0.717, 1.165) is 5.56 Å². The van der Waals surface area contributed by atoms with Crippen molar-refractivity contribution in [1.29, 1.82) is 0 Å². The van der Waals surface area contributed by atoms with Crippen LogP contribution in [0.4, 0.5) is 0 Å². The second kappa shape index (κ2) is 6.58. The van der Waals surface area contributed by atoms with Crippen molar-refractivity contribution in [2.75, 3.05) is 0 Å². The third kappa shape index (κ3) is 3.63. The average Bonchev–Trinajstić information content (AvgIpc) is 2.47. The molecule has 6 heteroatoms. The summed E-state index contributed by atoms with van der Waals surface area (Å²) >= 11 is 6.10. The van der Waals surface area contributed by atoms with Crippen LogP contribution in [0.5, 0.6) is 0 Å². The minimum Gasteiger partial charge on any atom is -0.326 e. The summed E-state index contributed by atoms with van der Waals surface area (Å²) in [4.78, 5) is 0.200. The van der Waals surface area contributed by atoms with Crippen LogP contribution in [0.3, 0.4) is 0 Å². The number of hydrogen-bond donors (Lipinski definition) is 2. The van der Waals surface area contributed by atoms with Crippen LogP contribution in [0.1, 0.15) is 24.1 Å². The van der Waals surface area contributed by atoms with Crippen molar-refractivity contribution in [2.24, 2.45) is 5.73 Å². The molecule has 0 bridgehead atoms. The molecule has 0 heterocycles. The van der Waals surface area contributed by atoms with E-state index in [4.69, 9.17) is 17.3 Å². The van der Waals surface area contributed by atoms with Crippen molar-refractivity contribution in [3.05, 3.63) is 64.7 Å². The van der Waals surface area contributed by atoms with Gasteiger partial charge in [-0.15, -0.1) is 0 Å². The Balaban J connectivity index is 2.32. The van der Waals surface area contributed by atoms with Gasteiger partial charge >= 0.3 is 0 Å². The third-order valence-electron chi connectivity index (χ3n) is 3.19. The Hall–Kier alpha value is -1.40. The fourth-order valence-electron chi connectivity index (χ4n) is 2.12. The van der Waals surface area contributed by atoms with Crippen molar-refractivity contribution in [3.63, 3.8) is 0 Å². The molecule has 2 aromatic rings. The van der Waals surface area contributed by atoms with Crippen molar-refractivity contribution in [1.82, 2.24) is 4.72 Å². The zero-order valence-electron chi connectivity index (χ0n) is 11.6. The highest BCUT2D eigenvalue weighted by Crippen LogP contribution is 2.24. The van der Waals surface area contributed by atoms with Crippen LogP contribution in [0.25, 0.3) is 0 Å². The lowest BCUT2D eigenvalue weighted by Gasteiger charge is -2.17. The first-order valence-corrected chi connectivity index (χ1v) is 8.36. The summed E-state index contributed by atoms with van der Waals surface area (Å²) in [7, 11) is -3.66. The summed E-state index contributed by atoms with van der Waals surface area (Å²) in [6.07, 6.45) is 0. The van der Waals surface area contributed by atoms with Crippen LogP contribution in [0.15, 0.2) is 53.4 Å². The largest absolute Gasteiger partial charge is 0.326 e. The Morgan fingerprint density at radius 1 is 1.14 bits per heavy atom. The van der Waals surface area contributed by atoms with Crippen molar-refractivity contribution >= 4 is 21.6 Å². The predicted octanol–water partition coefficient (Wildman–Crippen LogP) is 2.84. The first-order chi connectivity index (χ1) is 9.95. The van der Waals surface area contributed by atoms with Gasteiger partial charge in [0.2, 0.25) is 10.0 Å². The van der Waals surface area contributed by atoms with Crippen molar-refractivity contribution in [2.45, 2.75) is 24.4 Å². The Bertz CT molecular complexity index is 732. The molecule has 0 aromatic heterocycles. The highest BCUT2D eigenvalue weighted by molar-refractivity contribution is 7.89. The molecule has 4 nitrogen and oxygen atoms in total. The van der Waals surface area contributed by atoms with E-state index >= 15 is 0 Å². The first kappa shape index (κ1) is 16.0. The lowest BCUT2D eigenvalue weighted by Crippen LogP contribution is -2.28. The molecule has 0 saturated heterocycles. The van der Waals surface area contributed by atoms with E-state index in [1.54, 1.807) is 49.4 Å². The maximum absolute atomic E-state index is 12.5. The maximum Gasteiger partial charge on any atom is 0.241 e. The van der Waals surface area contributed by atoms with E-state index in [2.05, 4.69) is 4.72 Å². The monoisotopic (exact) mass is 324 g/mol. The highest BCUT2D eigenvalue weighted by atomic mass is 35.5. The molecule has 0 aliphatic heterocycles. The molecule has 0 aliphatic carbocycles. The molecule has 0 saturated carbocycles. The van der Waals surface area contributed by atoms with Gasteiger partial charge in [-0.05, 0) is 30.2 Å². The highest BCUT2D eigenvalue weighted by Gasteiger charge is 2.21. The summed E-state index contributed by atoms with van der Waals surface area (Å²) in [5.74, 6) is 0. The molecule has 3 N–H and O–H groups in total. The summed E-state index contributed by atoms with van der Waals surface area (Å²) in [6.45, 7) is 1.92. The second-order valence-electron chi connectivity index (χ2n) is 4.68. The molecule has 1 unspecified atom stereocenters.